The summed E-state index contributed by atoms with van der Waals surface area (Å²) >= 11 is 0. The van der Waals surface area contributed by atoms with Gasteiger partial charge in [0.1, 0.15) is 5.82 Å². The van der Waals surface area contributed by atoms with E-state index < -0.39 is 0 Å². The first kappa shape index (κ1) is 9.96. The lowest BCUT2D eigenvalue weighted by Gasteiger charge is -2.23. The van der Waals surface area contributed by atoms with Crippen LogP contribution in [0.2, 0.25) is 0 Å². The van der Waals surface area contributed by atoms with Crippen LogP contribution in [0.25, 0.3) is 11.0 Å². The summed E-state index contributed by atoms with van der Waals surface area (Å²) in [6, 6.07) is 4.50. The standard InChI is InChI=1S/C11H14FN3/c1-11(2,3)15-9-6-7(12)4-5-8(9)14-10(15)13/h4-6H,1-3H3,(H2,13,14). The summed E-state index contributed by atoms with van der Waals surface area (Å²) in [6.45, 7) is 6.03. The molecule has 0 spiro atoms. The van der Waals surface area contributed by atoms with Crippen molar-refractivity contribution in [1.29, 1.82) is 0 Å². The zero-order chi connectivity index (χ0) is 11.2. The third kappa shape index (κ3) is 1.56. The van der Waals surface area contributed by atoms with Crippen LogP contribution in [-0.4, -0.2) is 9.55 Å². The molecule has 15 heavy (non-hydrogen) atoms. The molecule has 3 nitrogen and oxygen atoms in total. The summed E-state index contributed by atoms with van der Waals surface area (Å²) in [7, 11) is 0. The summed E-state index contributed by atoms with van der Waals surface area (Å²) in [4.78, 5) is 4.19. The number of fused-ring (bicyclic) bond motifs is 1. The maximum Gasteiger partial charge on any atom is 0.201 e. The zero-order valence-corrected chi connectivity index (χ0v) is 9.08. The van der Waals surface area contributed by atoms with Crippen molar-refractivity contribution in [3.05, 3.63) is 24.0 Å². The molecule has 2 rings (SSSR count). The maximum atomic E-state index is 13.1. The number of imidazole rings is 1. The van der Waals surface area contributed by atoms with Crippen LogP contribution < -0.4 is 5.73 Å². The highest BCUT2D eigenvalue weighted by Gasteiger charge is 2.19. The first-order valence-corrected chi connectivity index (χ1v) is 4.83. The number of hydrogen-bond donors (Lipinski definition) is 1. The van der Waals surface area contributed by atoms with Gasteiger partial charge in [-0.1, -0.05) is 0 Å². The van der Waals surface area contributed by atoms with Crippen molar-refractivity contribution in [2.45, 2.75) is 26.3 Å². The van der Waals surface area contributed by atoms with E-state index >= 15 is 0 Å². The van der Waals surface area contributed by atoms with Gasteiger partial charge in [0, 0.05) is 5.54 Å². The monoisotopic (exact) mass is 207 g/mol. The van der Waals surface area contributed by atoms with Crippen molar-refractivity contribution in [2.24, 2.45) is 0 Å². The van der Waals surface area contributed by atoms with E-state index in [0.717, 1.165) is 11.0 Å². The van der Waals surface area contributed by atoms with Gasteiger partial charge in [-0.25, -0.2) is 9.37 Å². The molecule has 0 amide bonds. The summed E-state index contributed by atoms with van der Waals surface area (Å²) in [5.74, 6) is 0.149. The summed E-state index contributed by atoms with van der Waals surface area (Å²) in [5.41, 5.74) is 7.08. The second-order valence-electron chi connectivity index (χ2n) is 4.61. The van der Waals surface area contributed by atoms with Crippen molar-refractivity contribution in [2.75, 3.05) is 5.73 Å². The Hall–Kier alpha value is -1.58. The van der Waals surface area contributed by atoms with Crippen LogP contribution in [0.5, 0.6) is 0 Å². The second-order valence-corrected chi connectivity index (χ2v) is 4.61. The van der Waals surface area contributed by atoms with Gasteiger partial charge < -0.3 is 10.3 Å². The van der Waals surface area contributed by atoms with E-state index in [-0.39, 0.29) is 11.4 Å². The Balaban J connectivity index is 2.82. The number of nitrogens with zero attached hydrogens (tertiary/aromatic N) is 2. The number of aromatic nitrogens is 2. The predicted octanol–water partition coefficient (Wildman–Crippen LogP) is 2.51. The third-order valence-corrected chi connectivity index (χ3v) is 2.31. The number of hydrogen-bond acceptors (Lipinski definition) is 2. The van der Waals surface area contributed by atoms with Crippen LogP contribution in [0.1, 0.15) is 20.8 Å². The molecule has 0 bridgehead atoms. The van der Waals surface area contributed by atoms with Crippen molar-refractivity contribution < 1.29 is 4.39 Å². The van der Waals surface area contributed by atoms with Gasteiger partial charge in [0.05, 0.1) is 11.0 Å². The van der Waals surface area contributed by atoms with Crippen molar-refractivity contribution >= 4 is 17.0 Å². The summed E-state index contributed by atoms with van der Waals surface area (Å²) in [5, 5.41) is 0. The molecule has 80 valence electrons. The van der Waals surface area contributed by atoms with E-state index in [1.54, 1.807) is 6.07 Å². The van der Waals surface area contributed by atoms with E-state index in [4.69, 9.17) is 5.73 Å². The molecule has 2 aromatic rings. The molecule has 2 N–H and O–H groups in total. The maximum absolute atomic E-state index is 13.1. The van der Waals surface area contributed by atoms with Crippen molar-refractivity contribution in [1.82, 2.24) is 9.55 Å². The smallest absolute Gasteiger partial charge is 0.201 e. The molecule has 4 heteroatoms. The van der Waals surface area contributed by atoms with E-state index in [9.17, 15) is 4.39 Å². The zero-order valence-electron chi connectivity index (χ0n) is 9.08. The number of nitrogens with two attached hydrogens (primary N) is 1. The van der Waals surface area contributed by atoms with Crippen LogP contribution in [-0.2, 0) is 5.54 Å². The Kier molecular flexibility index (Phi) is 1.96. The fraction of sp³-hybridized carbons (Fsp3) is 0.364. The molecular weight excluding hydrogens is 193 g/mol. The van der Waals surface area contributed by atoms with Crippen molar-refractivity contribution in [3.8, 4) is 0 Å². The lowest BCUT2D eigenvalue weighted by molar-refractivity contribution is 0.414. The van der Waals surface area contributed by atoms with Gasteiger partial charge >= 0.3 is 0 Å². The summed E-state index contributed by atoms with van der Waals surface area (Å²) in [6.07, 6.45) is 0. The number of benzene rings is 1. The van der Waals surface area contributed by atoms with Crippen LogP contribution in [0.15, 0.2) is 18.2 Å². The van der Waals surface area contributed by atoms with Crippen LogP contribution in [0.4, 0.5) is 10.3 Å². The topological polar surface area (TPSA) is 43.8 Å². The molecule has 1 aromatic carbocycles. The Morgan fingerprint density at radius 1 is 1.33 bits per heavy atom. The van der Waals surface area contributed by atoms with Gasteiger partial charge in [0.25, 0.3) is 0 Å². The van der Waals surface area contributed by atoms with Crippen LogP contribution in [0, 0.1) is 5.82 Å². The third-order valence-electron chi connectivity index (χ3n) is 2.31. The van der Waals surface area contributed by atoms with E-state index in [1.165, 1.54) is 12.1 Å². The molecule has 0 saturated carbocycles. The minimum absolute atomic E-state index is 0.202. The Bertz CT molecular complexity index is 508. The largest absolute Gasteiger partial charge is 0.369 e. The number of anilines is 1. The average molecular weight is 207 g/mol. The Labute approximate surface area is 87.7 Å². The molecular formula is C11H14FN3. The molecule has 0 aliphatic heterocycles. The van der Waals surface area contributed by atoms with Gasteiger partial charge in [-0.05, 0) is 39.0 Å². The lowest BCUT2D eigenvalue weighted by Crippen LogP contribution is -2.23. The average Bonchev–Trinajstić information content (AvgIpc) is 2.38. The van der Waals surface area contributed by atoms with Gasteiger partial charge in [-0.2, -0.15) is 0 Å². The van der Waals surface area contributed by atoms with Gasteiger partial charge in [-0.15, -0.1) is 0 Å². The molecule has 0 saturated heterocycles. The Morgan fingerprint density at radius 3 is 2.60 bits per heavy atom. The predicted molar refractivity (Wildman–Crippen MR) is 59.1 cm³/mol. The molecule has 0 radical (unpaired) electrons. The highest BCUT2D eigenvalue weighted by Crippen LogP contribution is 2.26. The number of halogens is 1. The highest BCUT2D eigenvalue weighted by molar-refractivity contribution is 5.78. The lowest BCUT2D eigenvalue weighted by atomic mass is 10.1. The number of rotatable bonds is 0. The quantitative estimate of drug-likeness (QED) is 0.721. The molecule has 0 aliphatic carbocycles. The first-order valence-electron chi connectivity index (χ1n) is 4.83. The fourth-order valence-electron chi connectivity index (χ4n) is 1.77. The van der Waals surface area contributed by atoms with E-state index in [0.29, 0.717) is 5.95 Å². The number of nitrogen functional groups attached to an aromatic ring is 1. The molecule has 0 aliphatic rings. The Morgan fingerprint density at radius 2 is 2.00 bits per heavy atom. The van der Waals surface area contributed by atoms with E-state index in [1.807, 2.05) is 25.3 Å². The first-order chi connectivity index (χ1) is 6.89. The molecule has 1 aromatic heterocycles. The van der Waals surface area contributed by atoms with Crippen molar-refractivity contribution in [3.63, 3.8) is 0 Å². The van der Waals surface area contributed by atoms with E-state index in [2.05, 4.69) is 4.98 Å². The van der Waals surface area contributed by atoms with Gasteiger partial charge in [-0.3, -0.25) is 0 Å². The minimum Gasteiger partial charge on any atom is -0.369 e. The van der Waals surface area contributed by atoms with Crippen LogP contribution in [0.3, 0.4) is 0 Å². The normalized spacial score (nSPS) is 12.3. The second kappa shape index (κ2) is 2.95. The molecule has 0 atom stereocenters. The molecule has 0 unspecified atom stereocenters. The van der Waals surface area contributed by atoms with Gasteiger partial charge in [0.2, 0.25) is 5.95 Å². The molecule has 1 heterocycles. The highest BCUT2D eigenvalue weighted by atomic mass is 19.1. The SMILES string of the molecule is CC(C)(C)n1c(N)nc2ccc(F)cc21. The van der Waals surface area contributed by atoms with Crippen LogP contribution >= 0.6 is 0 Å². The van der Waals surface area contributed by atoms with Gasteiger partial charge in [0.15, 0.2) is 0 Å². The fourth-order valence-corrected chi connectivity index (χ4v) is 1.77. The summed E-state index contributed by atoms with van der Waals surface area (Å²) < 4.78 is 15.0. The molecule has 0 fully saturated rings. The minimum atomic E-state index is -0.270.